The lowest BCUT2D eigenvalue weighted by Crippen LogP contribution is -2.04. The minimum absolute atomic E-state index is 0.115. The van der Waals surface area contributed by atoms with Crippen LogP contribution >= 0.6 is 0 Å². The Bertz CT molecular complexity index is 522. The van der Waals surface area contributed by atoms with Gasteiger partial charge in [-0.05, 0) is 51.0 Å². The standard InChI is InChI=1S/C24H37NO2/c1-2-3-4-5-6-7-8-9-10-11-12-13-14-15-16-19-24(26)27-22-23-18-17-20-25-21-23/h7-8,11-12,17-18,20-21H,2-6,9-10,13-16,19,22H2,1H3/b8-7-,12-11-. The van der Waals surface area contributed by atoms with Crippen molar-refractivity contribution in [1.29, 1.82) is 0 Å². The molecule has 0 unspecified atom stereocenters. The molecule has 1 heterocycles. The molecule has 0 spiro atoms. The number of rotatable bonds is 16. The first-order valence-corrected chi connectivity index (χ1v) is 10.7. The van der Waals surface area contributed by atoms with E-state index in [4.69, 9.17) is 4.74 Å². The number of carbonyl (C=O) groups is 1. The van der Waals surface area contributed by atoms with E-state index < -0.39 is 0 Å². The fourth-order valence-electron chi connectivity index (χ4n) is 2.78. The number of aromatic nitrogens is 1. The molecule has 0 atom stereocenters. The second kappa shape index (κ2) is 17.5. The van der Waals surface area contributed by atoms with Crippen LogP contribution in [0, 0.1) is 0 Å². The van der Waals surface area contributed by atoms with Crippen molar-refractivity contribution in [3.05, 3.63) is 54.4 Å². The van der Waals surface area contributed by atoms with Crippen molar-refractivity contribution < 1.29 is 9.53 Å². The molecule has 0 saturated heterocycles. The van der Waals surface area contributed by atoms with Gasteiger partial charge in [-0.1, -0.05) is 63.0 Å². The normalized spacial score (nSPS) is 11.4. The maximum absolute atomic E-state index is 11.7. The molecule has 27 heavy (non-hydrogen) atoms. The highest BCUT2D eigenvalue weighted by molar-refractivity contribution is 5.69. The van der Waals surface area contributed by atoms with Gasteiger partial charge in [0.05, 0.1) is 0 Å². The Morgan fingerprint density at radius 3 is 2.22 bits per heavy atom. The van der Waals surface area contributed by atoms with Crippen LogP contribution in [0.5, 0.6) is 0 Å². The molecule has 0 aliphatic rings. The number of allylic oxidation sites excluding steroid dienone is 4. The first-order chi connectivity index (χ1) is 13.3. The Hall–Kier alpha value is -1.90. The SMILES string of the molecule is CCCCCC/C=C\CC/C=C\CCCCCC(=O)OCc1cccnc1. The fourth-order valence-corrected chi connectivity index (χ4v) is 2.78. The highest BCUT2D eigenvalue weighted by Crippen LogP contribution is 2.07. The maximum atomic E-state index is 11.7. The van der Waals surface area contributed by atoms with Crippen LogP contribution in [-0.2, 0) is 16.1 Å². The molecule has 1 rings (SSSR count). The zero-order chi connectivity index (χ0) is 19.4. The summed E-state index contributed by atoms with van der Waals surface area (Å²) < 4.78 is 5.25. The van der Waals surface area contributed by atoms with Gasteiger partial charge in [-0.25, -0.2) is 0 Å². The van der Waals surface area contributed by atoms with Crippen molar-refractivity contribution in [1.82, 2.24) is 4.98 Å². The van der Waals surface area contributed by atoms with E-state index in [0.717, 1.165) is 44.1 Å². The second-order valence-corrected chi connectivity index (χ2v) is 6.99. The van der Waals surface area contributed by atoms with Crippen molar-refractivity contribution >= 4 is 5.97 Å². The average Bonchev–Trinajstić information content (AvgIpc) is 2.70. The van der Waals surface area contributed by atoms with Crippen molar-refractivity contribution in [3.8, 4) is 0 Å². The molecule has 150 valence electrons. The topological polar surface area (TPSA) is 39.2 Å². The zero-order valence-electron chi connectivity index (χ0n) is 17.1. The van der Waals surface area contributed by atoms with E-state index in [2.05, 4.69) is 36.2 Å². The van der Waals surface area contributed by atoms with E-state index in [1.54, 1.807) is 12.4 Å². The van der Waals surface area contributed by atoms with E-state index in [1.165, 1.54) is 32.1 Å². The summed E-state index contributed by atoms with van der Waals surface area (Å²) in [5.41, 5.74) is 0.933. The predicted molar refractivity (Wildman–Crippen MR) is 113 cm³/mol. The van der Waals surface area contributed by atoms with Crippen molar-refractivity contribution in [2.75, 3.05) is 0 Å². The summed E-state index contributed by atoms with van der Waals surface area (Å²) in [6.45, 7) is 2.57. The fraction of sp³-hybridized carbons (Fsp3) is 0.583. The maximum Gasteiger partial charge on any atom is 0.306 e. The van der Waals surface area contributed by atoms with E-state index in [0.29, 0.717) is 13.0 Å². The third-order valence-electron chi connectivity index (χ3n) is 4.43. The van der Waals surface area contributed by atoms with Crippen molar-refractivity contribution in [2.24, 2.45) is 0 Å². The van der Waals surface area contributed by atoms with Gasteiger partial charge >= 0.3 is 5.97 Å². The summed E-state index contributed by atoms with van der Waals surface area (Å²) in [7, 11) is 0. The summed E-state index contributed by atoms with van der Waals surface area (Å²) in [4.78, 5) is 15.7. The third kappa shape index (κ3) is 14.9. The van der Waals surface area contributed by atoms with Crippen LogP contribution in [0.1, 0.15) is 89.5 Å². The van der Waals surface area contributed by atoms with E-state index in [-0.39, 0.29) is 5.97 Å². The quantitative estimate of drug-likeness (QED) is 0.179. The molecule has 1 aromatic rings. The zero-order valence-corrected chi connectivity index (χ0v) is 17.1. The van der Waals surface area contributed by atoms with Crippen molar-refractivity contribution in [2.45, 2.75) is 90.6 Å². The Labute approximate surface area is 165 Å². The van der Waals surface area contributed by atoms with Crippen LogP contribution in [0.4, 0.5) is 0 Å². The summed E-state index contributed by atoms with van der Waals surface area (Å²) in [5, 5.41) is 0. The van der Waals surface area contributed by atoms with Gasteiger partial charge in [0.15, 0.2) is 0 Å². The molecule has 3 nitrogen and oxygen atoms in total. The molecule has 0 amide bonds. The molecule has 3 heteroatoms. The Morgan fingerprint density at radius 2 is 1.59 bits per heavy atom. The van der Waals surface area contributed by atoms with E-state index in [9.17, 15) is 4.79 Å². The van der Waals surface area contributed by atoms with Gasteiger partial charge in [-0.3, -0.25) is 9.78 Å². The molecule has 0 radical (unpaired) electrons. The Morgan fingerprint density at radius 1 is 0.926 bits per heavy atom. The van der Waals surface area contributed by atoms with E-state index in [1.807, 2.05) is 12.1 Å². The van der Waals surface area contributed by atoms with E-state index >= 15 is 0 Å². The molecule has 1 aromatic heterocycles. The van der Waals surface area contributed by atoms with Crippen LogP contribution in [0.3, 0.4) is 0 Å². The molecular formula is C24H37NO2. The number of ether oxygens (including phenoxy) is 1. The molecule has 0 fully saturated rings. The lowest BCUT2D eigenvalue weighted by atomic mass is 10.1. The van der Waals surface area contributed by atoms with Crippen molar-refractivity contribution in [3.63, 3.8) is 0 Å². The molecule has 0 aliphatic heterocycles. The van der Waals surface area contributed by atoms with Crippen LogP contribution in [-0.4, -0.2) is 11.0 Å². The Balaban J connectivity index is 1.87. The van der Waals surface area contributed by atoms with Gasteiger partial charge in [0, 0.05) is 24.4 Å². The molecule has 0 N–H and O–H groups in total. The Kier molecular flexibility index (Phi) is 15.0. The largest absolute Gasteiger partial charge is 0.461 e. The molecule has 0 bridgehead atoms. The molecule has 0 saturated carbocycles. The highest BCUT2D eigenvalue weighted by atomic mass is 16.5. The smallest absolute Gasteiger partial charge is 0.306 e. The number of hydrogen-bond acceptors (Lipinski definition) is 3. The van der Waals surface area contributed by atoms with Crippen LogP contribution in [0.15, 0.2) is 48.8 Å². The average molecular weight is 372 g/mol. The van der Waals surface area contributed by atoms with Crippen LogP contribution in [0.2, 0.25) is 0 Å². The molecular weight excluding hydrogens is 334 g/mol. The second-order valence-electron chi connectivity index (χ2n) is 6.99. The predicted octanol–water partition coefficient (Wildman–Crippen LogP) is 6.94. The minimum atomic E-state index is -0.115. The van der Waals surface area contributed by atoms with Gasteiger partial charge in [-0.15, -0.1) is 0 Å². The van der Waals surface area contributed by atoms with Crippen LogP contribution in [0.25, 0.3) is 0 Å². The number of esters is 1. The number of unbranched alkanes of at least 4 members (excludes halogenated alkanes) is 8. The first kappa shape index (κ1) is 23.1. The van der Waals surface area contributed by atoms with Gasteiger partial charge in [0.1, 0.15) is 6.61 Å². The summed E-state index contributed by atoms with van der Waals surface area (Å²) in [6, 6.07) is 3.76. The summed E-state index contributed by atoms with van der Waals surface area (Å²) in [6.07, 6.45) is 26.2. The lowest BCUT2D eigenvalue weighted by molar-refractivity contribution is -0.145. The number of pyridine rings is 1. The van der Waals surface area contributed by atoms with Gasteiger partial charge < -0.3 is 4.74 Å². The summed E-state index contributed by atoms with van der Waals surface area (Å²) >= 11 is 0. The first-order valence-electron chi connectivity index (χ1n) is 10.7. The highest BCUT2D eigenvalue weighted by Gasteiger charge is 2.03. The third-order valence-corrected chi connectivity index (χ3v) is 4.43. The van der Waals surface area contributed by atoms with Gasteiger partial charge in [-0.2, -0.15) is 0 Å². The minimum Gasteiger partial charge on any atom is -0.461 e. The lowest BCUT2D eigenvalue weighted by Gasteiger charge is -2.04. The molecule has 0 aromatic carbocycles. The molecule has 0 aliphatic carbocycles. The number of hydrogen-bond donors (Lipinski definition) is 0. The monoisotopic (exact) mass is 371 g/mol. The number of nitrogens with zero attached hydrogens (tertiary/aromatic N) is 1. The van der Waals surface area contributed by atoms with Crippen LogP contribution < -0.4 is 0 Å². The number of carbonyl (C=O) groups excluding carboxylic acids is 1. The summed E-state index contributed by atoms with van der Waals surface area (Å²) in [5.74, 6) is -0.115. The van der Waals surface area contributed by atoms with Gasteiger partial charge in [0.25, 0.3) is 0 Å². The van der Waals surface area contributed by atoms with Gasteiger partial charge in [0.2, 0.25) is 0 Å².